The molecule has 7 nitrogen and oxygen atoms in total. The molecular formula is C16H18N2O5. The average Bonchev–Trinajstić information content (AvgIpc) is 2.56. The number of aliphatic hydroxyl groups excluding tert-OH is 1. The summed E-state index contributed by atoms with van der Waals surface area (Å²) in [5, 5.41) is 12.6. The summed E-state index contributed by atoms with van der Waals surface area (Å²) in [7, 11) is 1.19. The van der Waals surface area contributed by atoms with E-state index in [0.29, 0.717) is 11.1 Å². The van der Waals surface area contributed by atoms with E-state index in [9.17, 15) is 19.5 Å². The normalized spacial score (nSPS) is 19.7. The number of amides is 2. The summed E-state index contributed by atoms with van der Waals surface area (Å²) in [6.45, 7) is 3.25. The van der Waals surface area contributed by atoms with Gasteiger partial charge in [-0.25, -0.2) is 4.79 Å². The Kier molecular flexibility index (Phi) is 4.80. The molecule has 2 N–H and O–H groups in total. The number of carbonyl (C=O) groups is 3. The first-order chi connectivity index (χ1) is 10.9. The maximum absolute atomic E-state index is 12.2. The van der Waals surface area contributed by atoms with Crippen LogP contribution in [-0.2, 0) is 14.3 Å². The smallest absolute Gasteiger partial charge is 0.354 e. The van der Waals surface area contributed by atoms with Crippen LogP contribution < -0.4 is 5.32 Å². The van der Waals surface area contributed by atoms with Crippen LogP contribution in [0, 0.1) is 0 Å². The van der Waals surface area contributed by atoms with Gasteiger partial charge in [-0.15, -0.1) is 0 Å². The Hall–Kier alpha value is -2.67. The first-order valence-electron chi connectivity index (χ1n) is 7.01. The van der Waals surface area contributed by atoms with Crippen LogP contribution >= 0.6 is 0 Å². The van der Waals surface area contributed by atoms with Gasteiger partial charge in [0.15, 0.2) is 12.3 Å². The van der Waals surface area contributed by atoms with Crippen molar-refractivity contribution in [3.8, 4) is 0 Å². The molecule has 1 heterocycles. The second kappa shape index (κ2) is 6.62. The second-order valence-corrected chi connectivity index (χ2v) is 5.28. The van der Waals surface area contributed by atoms with Crippen molar-refractivity contribution in [3.63, 3.8) is 0 Å². The zero-order valence-electron chi connectivity index (χ0n) is 13.1. The molecule has 2 amide bonds. The summed E-state index contributed by atoms with van der Waals surface area (Å²) < 4.78 is 4.62. The monoisotopic (exact) mass is 318 g/mol. The summed E-state index contributed by atoms with van der Waals surface area (Å²) in [6.07, 6.45) is -1.32. The van der Waals surface area contributed by atoms with Gasteiger partial charge >= 0.3 is 5.97 Å². The SMILES string of the molecule is COC(=O)C(=C(C)C)N1C(=O)[C@@H](NC(=O)c2ccccc2)[C@H]1O. The molecule has 0 saturated carbocycles. The number of nitrogens with zero attached hydrogens (tertiary/aromatic N) is 1. The van der Waals surface area contributed by atoms with Crippen LogP contribution in [0.2, 0.25) is 0 Å². The van der Waals surface area contributed by atoms with Crippen LogP contribution in [0.1, 0.15) is 24.2 Å². The van der Waals surface area contributed by atoms with Gasteiger partial charge in [0.05, 0.1) is 7.11 Å². The van der Waals surface area contributed by atoms with E-state index in [1.807, 2.05) is 0 Å². The van der Waals surface area contributed by atoms with Crippen LogP contribution in [0.15, 0.2) is 41.6 Å². The first-order valence-corrected chi connectivity index (χ1v) is 7.01. The fourth-order valence-electron chi connectivity index (χ4n) is 2.31. The minimum absolute atomic E-state index is 0.0183. The van der Waals surface area contributed by atoms with E-state index in [0.717, 1.165) is 4.90 Å². The lowest BCUT2D eigenvalue weighted by Gasteiger charge is -2.44. The lowest BCUT2D eigenvalue weighted by Crippen LogP contribution is -2.70. The molecule has 0 aliphatic carbocycles. The highest BCUT2D eigenvalue weighted by Crippen LogP contribution is 2.26. The molecular weight excluding hydrogens is 300 g/mol. The highest BCUT2D eigenvalue weighted by Gasteiger charge is 2.51. The van der Waals surface area contributed by atoms with Gasteiger partial charge in [0, 0.05) is 5.56 Å². The molecule has 0 radical (unpaired) electrons. The number of β-lactam (4-membered cyclic amide) rings is 1. The van der Waals surface area contributed by atoms with Crippen LogP contribution in [0.25, 0.3) is 0 Å². The Morgan fingerprint density at radius 2 is 1.83 bits per heavy atom. The Labute approximate surface area is 133 Å². The zero-order chi connectivity index (χ0) is 17.1. The number of likely N-dealkylation sites (tertiary alicyclic amines) is 1. The quantitative estimate of drug-likeness (QED) is 0.476. The van der Waals surface area contributed by atoms with Crippen LogP contribution in [0.4, 0.5) is 0 Å². The summed E-state index contributed by atoms with van der Waals surface area (Å²) in [5.74, 6) is -1.76. The zero-order valence-corrected chi connectivity index (χ0v) is 13.1. The molecule has 1 aliphatic rings. The standard InChI is InChI=1S/C16H18N2O5/c1-9(2)12(16(22)23-3)18-14(20)11(15(18)21)17-13(19)10-7-5-4-6-8-10/h4-8,11,14,20H,1-3H3,(H,17,19)/t11-,14+/m0/s1. The Bertz CT molecular complexity index is 664. The third-order valence-electron chi connectivity index (χ3n) is 3.48. The van der Waals surface area contributed by atoms with E-state index >= 15 is 0 Å². The van der Waals surface area contributed by atoms with Gasteiger partial charge in [-0.05, 0) is 31.6 Å². The second-order valence-electron chi connectivity index (χ2n) is 5.28. The maximum atomic E-state index is 12.2. The number of carbonyl (C=O) groups excluding carboxylic acids is 3. The number of hydrogen-bond acceptors (Lipinski definition) is 5. The van der Waals surface area contributed by atoms with Crippen molar-refractivity contribution >= 4 is 17.8 Å². The molecule has 1 aromatic carbocycles. The molecule has 1 saturated heterocycles. The van der Waals surface area contributed by atoms with Crippen molar-refractivity contribution in [3.05, 3.63) is 47.2 Å². The van der Waals surface area contributed by atoms with Gasteiger partial charge in [-0.1, -0.05) is 18.2 Å². The molecule has 7 heteroatoms. The molecule has 1 aliphatic heterocycles. The summed E-state index contributed by atoms with van der Waals surface area (Å²) in [6, 6.07) is 7.25. The summed E-state index contributed by atoms with van der Waals surface area (Å²) >= 11 is 0. The third kappa shape index (κ3) is 3.09. The van der Waals surface area contributed by atoms with E-state index in [-0.39, 0.29) is 5.70 Å². The summed E-state index contributed by atoms with van der Waals surface area (Å²) in [4.78, 5) is 36.9. The predicted octanol–water partition coefficient (Wildman–Crippen LogP) is 0.412. The van der Waals surface area contributed by atoms with Gasteiger partial charge in [0.1, 0.15) is 5.70 Å². The van der Waals surface area contributed by atoms with Crippen molar-refractivity contribution in [2.45, 2.75) is 26.1 Å². The van der Waals surface area contributed by atoms with Crippen LogP contribution in [-0.4, -0.2) is 47.2 Å². The Morgan fingerprint density at radius 3 is 2.30 bits per heavy atom. The van der Waals surface area contributed by atoms with Crippen molar-refractivity contribution in [1.82, 2.24) is 10.2 Å². The van der Waals surface area contributed by atoms with E-state index in [4.69, 9.17) is 0 Å². The van der Waals surface area contributed by atoms with Crippen molar-refractivity contribution in [1.29, 1.82) is 0 Å². The number of hydrogen-bond donors (Lipinski definition) is 2. The molecule has 0 unspecified atom stereocenters. The maximum Gasteiger partial charge on any atom is 0.354 e. The van der Waals surface area contributed by atoms with Crippen molar-refractivity contribution in [2.75, 3.05) is 7.11 Å². The molecule has 23 heavy (non-hydrogen) atoms. The number of nitrogens with one attached hydrogen (secondary N) is 1. The van der Waals surface area contributed by atoms with E-state index in [1.165, 1.54) is 7.11 Å². The van der Waals surface area contributed by atoms with Gasteiger partial charge in [0.2, 0.25) is 0 Å². The van der Waals surface area contributed by atoms with E-state index < -0.39 is 30.1 Å². The van der Waals surface area contributed by atoms with Crippen LogP contribution in [0.5, 0.6) is 0 Å². The Balaban J connectivity index is 2.12. The first kappa shape index (κ1) is 16.7. The molecule has 2 atom stereocenters. The molecule has 122 valence electrons. The van der Waals surface area contributed by atoms with Crippen molar-refractivity contribution < 1.29 is 24.2 Å². The lowest BCUT2D eigenvalue weighted by molar-refractivity contribution is -0.170. The molecule has 0 spiro atoms. The topological polar surface area (TPSA) is 95.9 Å². The number of esters is 1. The van der Waals surface area contributed by atoms with E-state index in [1.54, 1.807) is 44.2 Å². The third-order valence-corrected chi connectivity index (χ3v) is 3.48. The number of methoxy groups -OCH3 is 1. The number of ether oxygens (including phenoxy) is 1. The minimum Gasteiger partial charge on any atom is -0.464 e. The Morgan fingerprint density at radius 1 is 1.22 bits per heavy atom. The highest BCUT2D eigenvalue weighted by atomic mass is 16.5. The largest absolute Gasteiger partial charge is 0.464 e. The molecule has 0 aromatic heterocycles. The van der Waals surface area contributed by atoms with Gasteiger partial charge in [-0.3, -0.25) is 14.5 Å². The fourth-order valence-corrected chi connectivity index (χ4v) is 2.31. The number of rotatable bonds is 4. The van der Waals surface area contributed by atoms with Crippen LogP contribution in [0.3, 0.4) is 0 Å². The highest BCUT2D eigenvalue weighted by molar-refractivity contribution is 6.03. The summed E-state index contributed by atoms with van der Waals surface area (Å²) in [5.41, 5.74) is 0.883. The fraction of sp³-hybridized carbons (Fsp3) is 0.312. The molecule has 2 rings (SSSR count). The van der Waals surface area contributed by atoms with Gasteiger partial charge in [-0.2, -0.15) is 0 Å². The van der Waals surface area contributed by atoms with E-state index in [2.05, 4.69) is 10.1 Å². The molecule has 1 fully saturated rings. The predicted molar refractivity (Wildman–Crippen MR) is 80.9 cm³/mol. The minimum atomic E-state index is -1.32. The molecule has 1 aromatic rings. The molecule has 0 bridgehead atoms. The number of allylic oxidation sites excluding steroid dienone is 1. The van der Waals surface area contributed by atoms with Gasteiger partial charge < -0.3 is 15.2 Å². The number of benzene rings is 1. The average molecular weight is 318 g/mol. The lowest BCUT2D eigenvalue weighted by atomic mass is 10.0. The number of aliphatic hydroxyl groups is 1. The van der Waals surface area contributed by atoms with Gasteiger partial charge in [0.25, 0.3) is 11.8 Å². The van der Waals surface area contributed by atoms with Crippen molar-refractivity contribution in [2.24, 2.45) is 0 Å².